The van der Waals surface area contributed by atoms with E-state index in [-0.39, 0.29) is 5.56 Å². The van der Waals surface area contributed by atoms with E-state index in [1.54, 1.807) is 0 Å². The summed E-state index contributed by atoms with van der Waals surface area (Å²) in [6.07, 6.45) is 1.82. The first kappa shape index (κ1) is 15.6. The van der Waals surface area contributed by atoms with Gasteiger partial charge in [0.2, 0.25) is 0 Å². The topological polar surface area (TPSA) is 85.2 Å². The number of amides is 1. The van der Waals surface area contributed by atoms with Crippen molar-refractivity contribution in [1.29, 1.82) is 0 Å². The number of pyridine rings is 1. The van der Waals surface area contributed by atoms with E-state index in [1.807, 2.05) is 33.8 Å². The lowest BCUT2D eigenvalue weighted by atomic mass is 9.74. The Morgan fingerprint density at radius 2 is 2.05 bits per heavy atom. The molecule has 0 aliphatic heterocycles. The molecule has 116 valence electrons. The van der Waals surface area contributed by atoms with E-state index in [0.717, 1.165) is 24.1 Å². The summed E-state index contributed by atoms with van der Waals surface area (Å²) in [5, 5.41) is 0. The molecule has 1 heterocycles. The molecule has 0 bridgehead atoms. The number of aromatic amines is 1. The number of aryl methyl sites for hydroxylation is 1. The second-order valence-corrected chi connectivity index (χ2v) is 6.96. The van der Waals surface area contributed by atoms with Gasteiger partial charge in [0.15, 0.2) is 0 Å². The number of ether oxygens (including phenoxy) is 1. The predicted molar refractivity (Wildman–Crippen MR) is 81.3 cm³/mol. The van der Waals surface area contributed by atoms with Crippen molar-refractivity contribution >= 4 is 6.09 Å². The van der Waals surface area contributed by atoms with E-state index in [2.05, 4.69) is 4.98 Å². The van der Waals surface area contributed by atoms with Crippen molar-refractivity contribution in [1.82, 2.24) is 4.98 Å². The van der Waals surface area contributed by atoms with Crippen LogP contribution in [0.5, 0.6) is 0 Å². The highest BCUT2D eigenvalue weighted by Gasteiger charge is 2.36. The Bertz CT molecular complexity index is 595. The molecule has 0 aromatic carbocycles. The van der Waals surface area contributed by atoms with Gasteiger partial charge in [-0.05, 0) is 37.3 Å². The maximum Gasteiger partial charge on any atom is 0.405 e. The molecule has 0 saturated heterocycles. The van der Waals surface area contributed by atoms with Crippen LogP contribution in [-0.2, 0) is 4.74 Å². The third kappa shape index (κ3) is 3.28. The van der Waals surface area contributed by atoms with Crippen molar-refractivity contribution in [3.05, 3.63) is 33.2 Å². The first-order chi connectivity index (χ1) is 9.70. The van der Waals surface area contributed by atoms with Crippen molar-refractivity contribution in [3.8, 4) is 0 Å². The lowest BCUT2D eigenvalue weighted by molar-refractivity contribution is 0.0339. The summed E-state index contributed by atoms with van der Waals surface area (Å²) in [7, 11) is 0. The Labute approximate surface area is 124 Å². The van der Waals surface area contributed by atoms with Crippen molar-refractivity contribution in [2.24, 2.45) is 11.1 Å². The van der Waals surface area contributed by atoms with E-state index in [1.165, 1.54) is 6.42 Å². The minimum Gasteiger partial charge on any atom is -0.441 e. The minimum absolute atomic E-state index is 0.182. The van der Waals surface area contributed by atoms with Crippen LogP contribution in [0.2, 0.25) is 0 Å². The van der Waals surface area contributed by atoms with E-state index >= 15 is 0 Å². The van der Waals surface area contributed by atoms with Crippen molar-refractivity contribution in [2.75, 3.05) is 0 Å². The zero-order valence-electron chi connectivity index (χ0n) is 13.2. The molecule has 1 aromatic heterocycles. The molecule has 2 rings (SSSR count). The molecular weight excluding hydrogens is 268 g/mol. The van der Waals surface area contributed by atoms with Crippen LogP contribution in [0.15, 0.2) is 10.9 Å². The van der Waals surface area contributed by atoms with E-state index in [0.29, 0.717) is 11.5 Å². The van der Waals surface area contributed by atoms with Crippen LogP contribution in [-0.4, -0.2) is 11.1 Å². The highest BCUT2D eigenvalue weighted by Crippen LogP contribution is 2.43. The van der Waals surface area contributed by atoms with Gasteiger partial charge in [0.25, 0.3) is 5.56 Å². The molecule has 1 aliphatic rings. The van der Waals surface area contributed by atoms with Gasteiger partial charge in [0.05, 0.1) is 5.56 Å². The van der Waals surface area contributed by atoms with Gasteiger partial charge in [0, 0.05) is 11.1 Å². The number of hydrogen-bond acceptors (Lipinski definition) is 3. The second kappa shape index (κ2) is 5.54. The fourth-order valence-electron chi connectivity index (χ4n) is 2.84. The molecule has 1 saturated carbocycles. The average molecular weight is 292 g/mol. The molecule has 21 heavy (non-hydrogen) atoms. The number of nitrogens with one attached hydrogen (secondary N) is 1. The van der Waals surface area contributed by atoms with Crippen LogP contribution in [0.1, 0.15) is 68.9 Å². The number of carbonyl (C=O) groups is 1. The summed E-state index contributed by atoms with van der Waals surface area (Å²) < 4.78 is 5.30. The zero-order chi connectivity index (χ0) is 15.8. The summed E-state index contributed by atoms with van der Waals surface area (Å²) >= 11 is 0. The summed E-state index contributed by atoms with van der Waals surface area (Å²) in [6.45, 7) is 7.67. The maximum absolute atomic E-state index is 12.5. The highest BCUT2D eigenvalue weighted by molar-refractivity contribution is 5.65. The van der Waals surface area contributed by atoms with Crippen LogP contribution < -0.4 is 11.3 Å². The van der Waals surface area contributed by atoms with Crippen LogP contribution in [0.25, 0.3) is 0 Å². The van der Waals surface area contributed by atoms with Gasteiger partial charge in [-0.1, -0.05) is 27.2 Å². The van der Waals surface area contributed by atoms with Crippen LogP contribution in [0, 0.1) is 12.3 Å². The van der Waals surface area contributed by atoms with Gasteiger partial charge in [0.1, 0.15) is 6.10 Å². The SMILES string of the molecule is Cc1cc(C2CCC2)c(C(OC(N)=O)C(C)(C)C)c(=O)[nH]1. The van der Waals surface area contributed by atoms with Crippen LogP contribution in [0.3, 0.4) is 0 Å². The quantitative estimate of drug-likeness (QED) is 0.897. The molecule has 5 heteroatoms. The molecule has 1 unspecified atom stereocenters. The molecule has 1 atom stereocenters. The highest BCUT2D eigenvalue weighted by atomic mass is 16.6. The molecule has 3 N–H and O–H groups in total. The van der Waals surface area contributed by atoms with Crippen molar-refractivity contribution in [3.63, 3.8) is 0 Å². The first-order valence-corrected chi connectivity index (χ1v) is 7.40. The summed E-state index contributed by atoms with van der Waals surface area (Å²) in [6, 6.07) is 2.00. The number of aromatic nitrogens is 1. The summed E-state index contributed by atoms with van der Waals surface area (Å²) in [5.74, 6) is 0.377. The summed E-state index contributed by atoms with van der Waals surface area (Å²) in [4.78, 5) is 26.6. The Morgan fingerprint density at radius 3 is 2.48 bits per heavy atom. The fourth-order valence-corrected chi connectivity index (χ4v) is 2.84. The molecule has 1 aliphatic carbocycles. The van der Waals surface area contributed by atoms with Crippen molar-refractivity contribution < 1.29 is 9.53 Å². The van der Waals surface area contributed by atoms with Gasteiger partial charge in [-0.15, -0.1) is 0 Å². The number of carbonyl (C=O) groups excluding carboxylic acids is 1. The van der Waals surface area contributed by atoms with E-state index in [9.17, 15) is 9.59 Å². The second-order valence-electron chi connectivity index (χ2n) is 6.96. The first-order valence-electron chi connectivity index (χ1n) is 7.40. The number of primary amides is 1. The number of H-pyrrole nitrogens is 1. The van der Waals surface area contributed by atoms with E-state index < -0.39 is 17.6 Å². The molecular formula is C16H24N2O3. The molecule has 1 amide bonds. The van der Waals surface area contributed by atoms with Crippen molar-refractivity contribution in [2.45, 2.75) is 59.0 Å². The van der Waals surface area contributed by atoms with E-state index in [4.69, 9.17) is 10.5 Å². The smallest absolute Gasteiger partial charge is 0.405 e. The summed E-state index contributed by atoms with van der Waals surface area (Å²) in [5.41, 5.74) is 7.00. The Balaban J connectivity index is 2.58. The third-order valence-corrected chi connectivity index (χ3v) is 4.07. The van der Waals surface area contributed by atoms with Crippen LogP contribution >= 0.6 is 0 Å². The van der Waals surface area contributed by atoms with Gasteiger partial charge >= 0.3 is 6.09 Å². The number of rotatable bonds is 3. The fraction of sp³-hybridized carbons (Fsp3) is 0.625. The number of nitrogens with two attached hydrogens (primary N) is 1. The third-order valence-electron chi connectivity index (χ3n) is 4.07. The minimum atomic E-state index is -0.852. The average Bonchev–Trinajstić information content (AvgIpc) is 2.22. The molecule has 1 fully saturated rings. The lowest BCUT2D eigenvalue weighted by Gasteiger charge is -2.34. The van der Waals surface area contributed by atoms with Gasteiger partial charge < -0.3 is 15.5 Å². The monoisotopic (exact) mass is 292 g/mol. The maximum atomic E-state index is 12.5. The Kier molecular flexibility index (Phi) is 4.12. The molecule has 0 radical (unpaired) electrons. The molecule has 5 nitrogen and oxygen atoms in total. The normalized spacial score (nSPS) is 17.1. The largest absolute Gasteiger partial charge is 0.441 e. The zero-order valence-corrected chi connectivity index (χ0v) is 13.2. The van der Waals surface area contributed by atoms with Crippen LogP contribution in [0.4, 0.5) is 4.79 Å². The Morgan fingerprint density at radius 1 is 1.43 bits per heavy atom. The van der Waals surface area contributed by atoms with Gasteiger partial charge in [-0.3, -0.25) is 4.79 Å². The number of hydrogen-bond donors (Lipinski definition) is 2. The Hall–Kier alpha value is -1.78. The molecule has 0 spiro atoms. The molecule has 1 aromatic rings. The van der Waals surface area contributed by atoms with Gasteiger partial charge in [-0.2, -0.15) is 0 Å². The standard InChI is InChI=1S/C16H24N2O3/c1-9-8-11(10-6-5-7-10)12(14(19)18-9)13(16(2,3)4)21-15(17)20/h8,10,13H,5-7H2,1-4H3,(H2,17,20)(H,18,19). The predicted octanol–water partition coefficient (Wildman–Crippen LogP) is 3.13. The van der Waals surface area contributed by atoms with Gasteiger partial charge in [-0.25, -0.2) is 4.79 Å². The lowest BCUT2D eigenvalue weighted by Crippen LogP contribution is -2.34.